The molecular formula is C28H24ClNO5. The standard InChI is InChI=1S/C28H24ClNO5/c1-32-23-8-5-16(11-24(23)33-2)17-9-21-28(22(31)10-17)27(15-3-6-18(29)7-4-15)19-12-25-26(35-14-34-25)13-20(19)30-21/h3-8,11-13,17,27,30H,9-10,14H2,1-2H3/t17-,27+/m1/s1. The smallest absolute Gasteiger partial charge is 0.231 e. The maximum absolute atomic E-state index is 13.7. The number of hydrogen-bond donors (Lipinski definition) is 1. The second-order valence-electron chi connectivity index (χ2n) is 8.94. The number of ether oxygens (including phenoxy) is 4. The van der Waals surface area contributed by atoms with Gasteiger partial charge >= 0.3 is 0 Å². The van der Waals surface area contributed by atoms with E-state index in [1.54, 1.807) is 14.2 Å². The van der Waals surface area contributed by atoms with Crippen molar-refractivity contribution in [2.45, 2.75) is 24.7 Å². The van der Waals surface area contributed by atoms with Crippen LogP contribution in [0.4, 0.5) is 5.69 Å². The summed E-state index contributed by atoms with van der Waals surface area (Å²) >= 11 is 6.18. The molecule has 3 aromatic rings. The Bertz CT molecular complexity index is 1360. The molecule has 3 aliphatic rings. The molecule has 2 aliphatic heterocycles. The lowest BCUT2D eigenvalue weighted by Gasteiger charge is -2.37. The molecular weight excluding hydrogens is 466 g/mol. The highest BCUT2D eigenvalue weighted by Crippen LogP contribution is 2.51. The molecule has 3 aromatic carbocycles. The van der Waals surface area contributed by atoms with Crippen LogP contribution in [-0.4, -0.2) is 26.8 Å². The fourth-order valence-corrected chi connectivity index (χ4v) is 5.48. The van der Waals surface area contributed by atoms with Gasteiger partial charge in [-0.2, -0.15) is 0 Å². The molecule has 0 amide bonds. The quantitative estimate of drug-likeness (QED) is 0.481. The van der Waals surface area contributed by atoms with Crippen molar-refractivity contribution in [2.24, 2.45) is 0 Å². The Morgan fingerprint density at radius 2 is 1.60 bits per heavy atom. The van der Waals surface area contributed by atoms with Crippen LogP contribution in [-0.2, 0) is 4.79 Å². The van der Waals surface area contributed by atoms with E-state index in [1.807, 2.05) is 54.6 Å². The number of hydrogen-bond acceptors (Lipinski definition) is 6. The van der Waals surface area contributed by atoms with E-state index in [9.17, 15) is 4.79 Å². The second-order valence-corrected chi connectivity index (χ2v) is 9.37. The maximum atomic E-state index is 13.7. The monoisotopic (exact) mass is 489 g/mol. The molecule has 0 fully saturated rings. The Labute approximate surface area is 208 Å². The van der Waals surface area contributed by atoms with E-state index >= 15 is 0 Å². The molecule has 2 heterocycles. The van der Waals surface area contributed by atoms with Gasteiger partial charge in [0.25, 0.3) is 0 Å². The number of rotatable bonds is 4. The Kier molecular flexibility index (Phi) is 5.33. The molecule has 7 heteroatoms. The first kappa shape index (κ1) is 21.9. The lowest BCUT2D eigenvalue weighted by molar-refractivity contribution is -0.116. The van der Waals surface area contributed by atoms with Gasteiger partial charge < -0.3 is 24.3 Å². The van der Waals surface area contributed by atoms with Crippen LogP contribution in [0.5, 0.6) is 23.0 Å². The lowest BCUT2D eigenvalue weighted by Crippen LogP contribution is -2.29. The molecule has 2 atom stereocenters. The van der Waals surface area contributed by atoms with E-state index in [0.29, 0.717) is 40.9 Å². The van der Waals surface area contributed by atoms with Gasteiger partial charge in [0.2, 0.25) is 6.79 Å². The van der Waals surface area contributed by atoms with Gasteiger partial charge in [-0.1, -0.05) is 29.8 Å². The fourth-order valence-electron chi connectivity index (χ4n) is 5.35. The summed E-state index contributed by atoms with van der Waals surface area (Å²) in [5.41, 5.74) is 5.72. The van der Waals surface area contributed by atoms with Crippen LogP contribution in [0, 0.1) is 0 Å². The van der Waals surface area contributed by atoms with Gasteiger partial charge in [-0.15, -0.1) is 0 Å². The van der Waals surface area contributed by atoms with E-state index in [0.717, 1.165) is 33.6 Å². The zero-order valence-corrected chi connectivity index (χ0v) is 20.1. The molecule has 35 heavy (non-hydrogen) atoms. The summed E-state index contributed by atoms with van der Waals surface area (Å²) in [6.07, 6.45) is 1.12. The van der Waals surface area contributed by atoms with Crippen LogP contribution in [0.25, 0.3) is 0 Å². The van der Waals surface area contributed by atoms with Crippen molar-refractivity contribution in [1.29, 1.82) is 0 Å². The molecule has 0 bridgehead atoms. The summed E-state index contributed by atoms with van der Waals surface area (Å²) in [6.45, 7) is 0.192. The average Bonchev–Trinajstić information content (AvgIpc) is 3.33. The molecule has 178 valence electrons. The highest BCUT2D eigenvalue weighted by Gasteiger charge is 2.39. The summed E-state index contributed by atoms with van der Waals surface area (Å²) in [7, 11) is 3.24. The predicted octanol–water partition coefficient (Wildman–Crippen LogP) is 6.04. The number of carbonyl (C=O) groups excluding carboxylic acids is 1. The first-order chi connectivity index (χ1) is 17.1. The third-order valence-electron chi connectivity index (χ3n) is 7.02. The number of benzene rings is 3. The SMILES string of the molecule is COc1ccc([C@H]2CC(=O)C3=C(C2)Nc2cc4c(cc2[C@@H]3c2ccc(Cl)cc2)OCO4)cc1OC. The number of halogens is 1. The van der Waals surface area contributed by atoms with E-state index in [1.165, 1.54) is 0 Å². The van der Waals surface area contributed by atoms with E-state index in [4.69, 9.17) is 30.5 Å². The topological polar surface area (TPSA) is 66.0 Å². The van der Waals surface area contributed by atoms with Crippen LogP contribution < -0.4 is 24.3 Å². The average molecular weight is 490 g/mol. The van der Waals surface area contributed by atoms with Crippen LogP contribution in [0.3, 0.4) is 0 Å². The Hall–Kier alpha value is -3.64. The summed E-state index contributed by atoms with van der Waals surface area (Å²) in [5.74, 6) is 2.66. The molecule has 6 rings (SSSR count). The van der Waals surface area contributed by atoms with Crippen molar-refractivity contribution in [2.75, 3.05) is 26.3 Å². The number of allylic oxidation sites excluding steroid dienone is 2. The van der Waals surface area contributed by atoms with Gasteiger partial charge in [0.1, 0.15) is 0 Å². The van der Waals surface area contributed by atoms with Gasteiger partial charge in [-0.05, 0) is 59.4 Å². The molecule has 0 unspecified atom stereocenters. The Morgan fingerprint density at radius 3 is 2.34 bits per heavy atom. The number of Topliss-reactive ketones (excluding diaryl/α,β-unsaturated/α-hetero) is 1. The van der Waals surface area contributed by atoms with Crippen LogP contribution >= 0.6 is 11.6 Å². The normalized spacial score (nSPS) is 20.1. The van der Waals surface area contributed by atoms with Gasteiger partial charge in [-0.25, -0.2) is 0 Å². The van der Waals surface area contributed by atoms with Crippen molar-refractivity contribution in [3.05, 3.63) is 87.6 Å². The minimum atomic E-state index is -0.216. The zero-order valence-electron chi connectivity index (χ0n) is 19.4. The number of anilines is 1. The van der Waals surface area contributed by atoms with Crippen LogP contribution in [0.1, 0.15) is 41.4 Å². The number of ketones is 1. The van der Waals surface area contributed by atoms with Gasteiger partial charge in [-0.3, -0.25) is 4.79 Å². The molecule has 1 aliphatic carbocycles. The summed E-state index contributed by atoms with van der Waals surface area (Å²) in [6, 6.07) is 17.5. The van der Waals surface area contributed by atoms with E-state index in [2.05, 4.69) is 5.32 Å². The van der Waals surface area contributed by atoms with Crippen molar-refractivity contribution in [3.63, 3.8) is 0 Å². The van der Waals surface area contributed by atoms with E-state index < -0.39 is 0 Å². The highest BCUT2D eigenvalue weighted by molar-refractivity contribution is 6.30. The van der Waals surface area contributed by atoms with Gasteiger partial charge in [0.05, 0.1) is 14.2 Å². The van der Waals surface area contributed by atoms with E-state index in [-0.39, 0.29) is 24.4 Å². The fraction of sp³-hybridized carbons (Fsp3) is 0.250. The first-order valence-electron chi connectivity index (χ1n) is 11.5. The first-order valence-corrected chi connectivity index (χ1v) is 11.9. The molecule has 0 spiro atoms. The van der Waals surface area contributed by atoms with Crippen LogP contribution in [0.2, 0.25) is 5.02 Å². The van der Waals surface area contributed by atoms with Crippen molar-refractivity contribution < 1.29 is 23.7 Å². The molecule has 1 N–H and O–H groups in total. The summed E-state index contributed by atoms with van der Waals surface area (Å²) in [5, 5.41) is 4.22. The third-order valence-corrected chi connectivity index (χ3v) is 7.27. The predicted molar refractivity (Wildman–Crippen MR) is 133 cm³/mol. The van der Waals surface area contributed by atoms with Gasteiger partial charge in [0, 0.05) is 40.4 Å². The van der Waals surface area contributed by atoms with Crippen molar-refractivity contribution in [1.82, 2.24) is 0 Å². The minimum Gasteiger partial charge on any atom is -0.493 e. The number of carbonyl (C=O) groups is 1. The zero-order chi connectivity index (χ0) is 24.1. The summed E-state index contributed by atoms with van der Waals surface area (Å²) in [4.78, 5) is 13.7. The Morgan fingerprint density at radius 1 is 0.886 bits per heavy atom. The number of nitrogens with one attached hydrogen (secondary N) is 1. The summed E-state index contributed by atoms with van der Waals surface area (Å²) < 4.78 is 22.2. The van der Waals surface area contributed by atoms with Crippen molar-refractivity contribution >= 4 is 23.1 Å². The van der Waals surface area contributed by atoms with Crippen molar-refractivity contribution in [3.8, 4) is 23.0 Å². The molecule has 0 aromatic heterocycles. The number of methoxy groups -OCH3 is 2. The molecule has 0 saturated heterocycles. The maximum Gasteiger partial charge on any atom is 0.231 e. The molecule has 6 nitrogen and oxygen atoms in total. The lowest BCUT2D eigenvalue weighted by atomic mass is 9.72. The second kappa shape index (κ2) is 8.54. The largest absolute Gasteiger partial charge is 0.493 e. The number of fused-ring (bicyclic) bond motifs is 2. The van der Waals surface area contributed by atoms with Crippen LogP contribution in [0.15, 0.2) is 65.9 Å². The Balaban J connectivity index is 1.44. The highest BCUT2D eigenvalue weighted by atomic mass is 35.5. The minimum absolute atomic E-state index is 0.0231. The van der Waals surface area contributed by atoms with Gasteiger partial charge in [0.15, 0.2) is 28.8 Å². The molecule has 0 saturated carbocycles. The third kappa shape index (κ3) is 3.69. The molecule has 0 radical (unpaired) electrons.